The Kier molecular flexibility index (Phi) is 4.27. The zero-order valence-corrected chi connectivity index (χ0v) is 10.8. The van der Waals surface area contributed by atoms with E-state index in [0.29, 0.717) is 11.4 Å². The molecule has 3 nitrogen and oxygen atoms in total. The Morgan fingerprint density at radius 3 is 1.60 bits per heavy atom. The molecule has 0 bridgehead atoms. The van der Waals surface area contributed by atoms with Gasteiger partial charge in [-0.2, -0.15) is 0 Å². The van der Waals surface area contributed by atoms with E-state index in [2.05, 4.69) is 9.69 Å². The molecule has 0 aliphatic rings. The van der Waals surface area contributed by atoms with Gasteiger partial charge in [0.1, 0.15) is 5.78 Å². The lowest BCUT2D eigenvalue weighted by molar-refractivity contribution is -0.117. The molecule has 0 spiro atoms. The van der Waals surface area contributed by atoms with Gasteiger partial charge in [-0.1, -0.05) is 48.5 Å². The number of Topliss-reactive ketones (excluding diaryl/α,β-unsaturated/α-hetero) is 1. The van der Waals surface area contributed by atoms with Gasteiger partial charge in [-0.25, -0.2) is 9.69 Å². The van der Waals surface area contributed by atoms with Crippen LogP contribution >= 0.6 is 0 Å². The molecule has 0 atom stereocenters. The number of carbonyl (C=O) groups excluding carboxylic acids is 1. The van der Waals surface area contributed by atoms with Gasteiger partial charge in [0, 0.05) is 12.8 Å². The zero-order chi connectivity index (χ0) is 14.4. The third-order valence-electron chi connectivity index (χ3n) is 3.00. The molecule has 0 fully saturated rings. The Morgan fingerprint density at radius 2 is 1.20 bits per heavy atom. The Morgan fingerprint density at radius 1 is 0.800 bits per heavy atom. The first-order chi connectivity index (χ1) is 9.74. The third-order valence-corrected chi connectivity index (χ3v) is 3.00. The summed E-state index contributed by atoms with van der Waals surface area (Å²) in [5.41, 5.74) is 2.51. The van der Waals surface area contributed by atoms with Crippen LogP contribution in [0.2, 0.25) is 0 Å². The van der Waals surface area contributed by atoms with E-state index < -0.39 is 0 Å². The van der Waals surface area contributed by atoms with E-state index in [9.17, 15) is 4.79 Å². The Balaban J connectivity index is 2.14. The van der Waals surface area contributed by atoms with Crippen molar-refractivity contribution < 1.29 is 4.79 Å². The molecule has 0 heterocycles. The maximum Gasteiger partial charge on any atom is 0.190 e. The summed E-state index contributed by atoms with van der Waals surface area (Å²) in [4.78, 5) is 18.9. The van der Waals surface area contributed by atoms with Gasteiger partial charge in [0.15, 0.2) is 11.4 Å². The highest BCUT2D eigenvalue weighted by Crippen LogP contribution is 2.22. The second kappa shape index (κ2) is 6.31. The van der Waals surface area contributed by atoms with Crippen LogP contribution in [0.15, 0.2) is 48.5 Å². The first kappa shape index (κ1) is 13.5. The van der Waals surface area contributed by atoms with Gasteiger partial charge < -0.3 is 0 Å². The minimum absolute atomic E-state index is 0.0113. The summed E-state index contributed by atoms with van der Waals surface area (Å²) >= 11 is 0. The Hall–Kier alpha value is -2.91. The predicted molar refractivity (Wildman–Crippen MR) is 77.8 cm³/mol. The first-order valence-electron chi connectivity index (χ1n) is 6.17. The number of carbonyl (C=O) groups is 1. The number of ketones is 1. The van der Waals surface area contributed by atoms with E-state index in [1.807, 2.05) is 12.1 Å². The Labute approximate surface area is 118 Å². The van der Waals surface area contributed by atoms with Crippen molar-refractivity contribution in [2.24, 2.45) is 0 Å². The van der Waals surface area contributed by atoms with Gasteiger partial charge in [0.25, 0.3) is 0 Å². The summed E-state index contributed by atoms with van der Waals surface area (Å²) in [6.45, 7) is 14.2. The van der Waals surface area contributed by atoms with Crippen molar-refractivity contribution >= 4 is 17.2 Å². The topological polar surface area (TPSA) is 25.8 Å². The molecule has 0 aliphatic heterocycles. The Bertz CT molecular complexity index is 659. The minimum atomic E-state index is 0.0113. The second-order valence-electron chi connectivity index (χ2n) is 4.37. The van der Waals surface area contributed by atoms with E-state index in [1.165, 1.54) is 0 Å². The number of hydrogen-bond donors (Lipinski definition) is 0. The average Bonchev–Trinajstić information content (AvgIpc) is 2.48. The molecule has 0 amide bonds. The van der Waals surface area contributed by atoms with Gasteiger partial charge in [-0.05, 0) is 11.1 Å². The largest absolute Gasteiger partial charge is 0.299 e. The molecule has 0 unspecified atom stereocenters. The number of nitrogens with zero attached hydrogens (tertiary/aromatic N) is 2. The lowest BCUT2D eigenvalue weighted by Crippen LogP contribution is -2.06. The molecule has 96 valence electrons. The van der Waals surface area contributed by atoms with Crippen LogP contribution in [-0.2, 0) is 17.6 Å². The van der Waals surface area contributed by atoms with Gasteiger partial charge in [0.05, 0.1) is 13.1 Å². The van der Waals surface area contributed by atoms with Crippen LogP contribution in [0.1, 0.15) is 11.1 Å². The van der Waals surface area contributed by atoms with Crippen LogP contribution in [0.25, 0.3) is 9.69 Å². The SMILES string of the molecule is [C-]#[N+]c1ccccc1CC(=O)Cc1ccccc1[N+]#[C-]. The van der Waals surface area contributed by atoms with Crippen LogP contribution in [-0.4, -0.2) is 5.78 Å². The highest BCUT2D eigenvalue weighted by atomic mass is 16.1. The molecule has 3 heteroatoms. The fourth-order valence-corrected chi connectivity index (χ4v) is 2.03. The van der Waals surface area contributed by atoms with Crippen LogP contribution in [0, 0.1) is 13.1 Å². The van der Waals surface area contributed by atoms with E-state index >= 15 is 0 Å². The molecule has 2 aromatic rings. The van der Waals surface area contributed by atoms with Crippen molar-refractivity contribution in [3.8, 4) is 0 Å². The monoisotopic (exact) mass is 260 g/mol. The van der Waals surface area contributed by atoms with Crippen molar-refractivity contribution in [1.82, 2.24) is 0 Å². The quantitative estimate of drug-likeness (QED) is 0.758. The lowest BCUT2D eigenvalue weighted by atomic mass is 10.0. The summed E-state index contributed by atoms with van der Waals surface area (Å²) in [7, 11) is 0. The summed E-state index contributed by atoms with van der Waals surface area (Å²) < 4.78 is 0. The summed E-state index contributed by atoms with van der Waals surface area (Å²) in [5.74, 6) is 0.0113. The zero-order valence-electron chi connectivity index (χ0n) is 10.8. The van der Waals surface area contributed by atoms with Crippen molar-refractivity contribution in [2.45, 2.75) is 12.8 Å². The molecule has 2 aromatic carbocycles. The van der Waals surface area contributed by atoms with Crippen molar-refractivity contribution in [3.05, 3.63) is 82.5 Å². The average molecular weight is 260 g/mol. The number of para-hydroxylation sites is 2. The fourth-order valence-electron chi connectivity index (χ4n) is 2.03. The third kappa shape index (κ3) is 3.10. The van der Waals surface area contributed by atoms with Crippen LogP contribution in [0.4, 0.5) is 11.4 Å². The molecule has 0 aromatic heterocycles. The second-order valence-corrected chi connectivity index (χ2v) is 4.37. The molecule has 2 rings (SSSR count). The number of benzene rings is 2. The van der Waals surface area contributed by atoms with E-state index in [1.54, 1.807) is 36.4 Å². The standard InChI is InChI=1S/C17H12N2O/c1-18-16-9-5-3-7-13(16)11-15(20)12-14-8-4-6-10-17(14)19-2/h3-10H,11-12H2. The summed E-state index contributed by atoms with van der Waals surface area (Å²) in [5, 5.41) is 0. The molecule has 0 saturated heterocycles. The van der Waals surface area contributed by atoms with Gasteiger partial charge in [0.2, 0.25) is 0 Å². The van der Waals surface area contributed by atoms with Crippen molar-refractivity contribution in [3.63, 3.8) is 0 Å². The molecular formula is C17H12N2O. The fraction of sp³-hybridized carbons (Fsp3) is 0.118. The van der Waals surface area contributed by atoms with Crippen molar-refractivity contribution in [2.75, 3.05) is 0 Å². The van der Waals surface area contributed by atoms with E-state index in [0.717, 1.165) is 11.1 Å². The number of rotatable bonds is 4. The lowest BCUT2D eigenvalue weighted by Gasteiger charge is -2.05. The highest BCUT2D eigenvalue weighted by molar-refractivity contribution is 5.86. The normalized spacial score (nSPS) is 9.50. The molecule has 0 N–H and O–H groups in total. The van der Waals surface area contributed by atoms with Gasteiger partial charge in [-0.15, -0.1) is 0 Å². The van der Waals surface area contributed by atoms with E-state index in [4.69, 9.17) is 13.1 Å². The van der Waals surface area contributed by atoms with Gasteiger partial charge >= 0.3 is 0 Å². The maximum atomic E-state index is 12.1. The molecule has 0 aliphatic carbocycles. The summed E-state index contributed by atoms with van der Waals surface area (Å²) in [6.07, 6.45) is 0.454. The number of hydrogen-bond acceptors (Lipinski definition) is 1. The van der Waals surface area contributed by atoms with Crippen LogP contribution in [0.3, 0.4) is 0 Å². The summed E-state index contributed by atoms with van der Waals surface area (Å²) in [6, 6.07) is 14.2. The highest BCUT2D eigenvalue weighted by Gasteiger charge is 2.10. The maximum absolute atomic E-state index is 12.1. The molecule has 0 saturated carbocycles. The van der Waals surface area contributed by atoms with E-state index in [-0.39, 0.29) is 18.6 Å². The van der Waals surface area contributed by atoms with Crippen LogP contribution < -0.4 is 0 Å². The van der Waals surface area contributed by atoms with Crippen molar-refractivity contribution in [1.29, 1.82) is 0 Å². The van der Waals surface area contributed by atoms with Crippen LogP contribution in [0.5, 0.6) is 0 Å². The predicted octanol–water partition coefficient (Wildman–Crippen LogP) is 4.14. The molecule has 20 heavy (non-hydrogen) atoms. The molecule has 0 radical (unpaired) electrons. The minimum Gasteiger partial charge on any atom is -0.299 e. The van der Waals surface area contributed by atoms with Gasteiger partial charge in [-0.3, -0.25) is 4.79 Å². The first-order valence-corrected chi connectivity index (χ1v) is 6.17. The smallest absolute Gasteiger partial charge is 0.190 e. The molecular weight excluding hydrogens is 248 g/mol.